The number of nitrogens with zero attached hydrogens (tertiary/aromatic N) is 1. The highest BCUT2D eigenvalue weighted by Gasteiger charge is 2.30. The minimum absolute atomic E-state index is 0.350. The number of hydrogen-bond acceptors (Lipinski definition) is 3. The zero-order valence-electron chi connectivity index (χ0n) is 12.1. The van der Waals surface area contributed by atoms with Crippen LogP contribution in [-0.4, -0.2) is 9.79 Å². The van der Waals surface area contributed by atoms with Gasteiger partial charge in [0, 0.05) is 6.54 Å². The van der Waals surface area contributed by atoms with Crippen LogP contribution in [0.25, 0.3) is 0 Å². The van der Waals surface area contributed by atoms with Gasteiger partial charge in [0.25, 0.3) is 0 Å². The molecule has 3 N–H and O–H groups in total. The summed E-state index contributed by atoms with van der Waals surface area (Å²) in [5.41, 5.74) is 2.95. The highest BCUT2D eigenvalue weighted by atomic mass is 31.2. The van der Waals surface area contributed by atoms with Gasteiger partial charge in [0.05, 0.1) is 11.6 Å². The Labute approximate surface area is 129 Å². The van der Waals surface area contributed by atoms with Gasteiger partial charge in [0.2, 0.25) is 0 Å². The molecule has 5 nitrogen and oxygen atoms in total. The first-order valence-corrected chi connectivity index (χ1v) is 8.43. The molecule has 0 fully saturated rings. The lowest BCUT2D eigenvalue weighted by Gasteiger charge is -2.21. The molecule has 0 aliphatic carbocycles. The summed E-state index contributed by atoms with van der Waals surface area (Å²) in [7, 11) is -4.37. The summed E-state index contributed by atoms with van der Waals surface area (Å²) in [5, 5.41) is 11.7. The standard InChI is InChI=1S/C16H17N2O3P/c1-12-4-2-3-5-15(12)11-18-16(22(19,20)21)14-8-6-13(10-17)7-9-14/h2-9,16,18H,11H2,1H3,(H2,19,20,21)/t16-/m0/s1. The predicted octanol–water partition coefficient (Wildman–Crippen LogP) is 2.83. The Hall–Kier alpha value is -1.96. The van der Waals surface area contributed by atoms with Crippen molar-refractivity contribution >= 4 is 7.60 Å². The molecular weight excluding hydrogens is 299 g/mol. The third-order valence-electron chi connectivity index (χ3n) is 3.44. The lowest BCUT2D eigenvalue weighted by Crippen LogP contribution is -2.21. The molecule has 0 heterocycles. The van der Waals surface area contributed by atoms with Crippen molar-refractivity contribution in [3.63, 3.8) is 0 Å². The Morgan fingerprint density at radius 1 is 1.18 bits per heavy atom. The van der Waals surface area contributed by atoms with Gasteiger partial charge in [-0.15, -0.1) is 0 Å². The van der Waals surface area contributed by atoms with Crippen LogP contribution in [-0.2, 0) is 11.1 Å². The van der Waals surface area contributed by atoms with Gasteiger partial charge in [0.15, 0.2) is 0 Å². The zero-order valence-corrected chi connectivity index (χ0v) is 13.0. The SMILES string of the molecule is Cc1ccccc1CN[C@H](c1ccc(C#N)cc1)P(=O)(O)O. The Kier molecular flexibility index (Phi) is 5.12. The molecule has 0 aliphatic heterocycles. The lowest BCUT2D eigenvalue weighted by atomic mass is 10.1. The molecule has 0 saturated carbocycles. The van der Waals surface area contributed by atoms with Gasteiger partial charge in [-0.2, -0.15) is 5.26 Å². The van der Waals surface area contributed by atoms with Crippen LogP contribution < -0.4 is 5.32 Å². The molecule has 2 aromatic rings. The normalized spacial score (nSPS) is 12.6. The fourth-order valence-electron chi connectivity index (χ4n) is 2.19. The number of benzene rings is 2. The van der Waals surface area contributed by atoms with E-state index < -0.39 is 13.4 Å². The van der Waals surface area contributed by atoms with E-state index in [9.17, 15) is 14.4 Å². The molecule has 1 atom stereocenters. The second-order valence-electron chi connectivity index (χ2n) is 5.03. The molecule has 0 aliphatic rings. The van der Waals surface area contributed by atoms with Gasteiger partial charge >= 0.3 is 7.60 Å². The molecule has 2 aromatic carbocycles. The minimum atomic E-state index is -4.37. The molecular formula is C16H17N2O3P. The van der Waals surface area contributed by atoms with Gasteiger partial charge in [-0.1, -0.05) is 36.4 Å². The van der Waals surface area contributed by atoms with E-state index in [-0.39, 0.29) is 0 Å². The van der Waals surface area contributed by atoms with E-state index in [2.05, 4.69) is 5.32 Å². The summed E-state index contributed by atoms with van der Waals surface area (Å²) >= 11 is 0. The number of aryl methyl sites for hydroxylation is 1. The summed E-state index contributed by atoms with van der Waals surface area (Å²) in [6.45, 7) is 2.30. The molecule has 0 saturated heterocycles. The molecule has 0 spiro atoms. The summed E-state index contributed by atoms with van der Waals surface area (Å²) in [4.78, 5) is 19.2. The maximum atomic E-state index is 11.8. The fraction of sp³-hybridized carbons (Fsp3) is 0.188. The van der Waals surface area contributed by atoms with Crippen molar-refractivity contribution in [2.75, 3.05) is 0 Å². The van der Waals surface area contributed by atoms with Crippen molar-refractivity contribution in [3.05, 3.63) is 70.8 Å². The van der Waals surface area contributed by atoms with Crippen molar-refractivity contribution in [1.29, 1.82) is 5.26 Å². The van der Waals surface area contributed by atoms with Crippen LogP contribution in [0, 0.1) is 18.3 Å². The van der Waals surface area contributed by atoms with E-state index in [0.717, 1.165) is 11.1 Å². The van der Waals surface area contributed by atoms with Gasteiger partial charge in [-0.3, -0.25) is 9.88 Å². The van der Waals surface area contributed by atoms with Gasteiger partial charge in [-0.25, -0.2) is 0 Å². The first kappa shape index (κ1) is 16.4. The quantitative estimate of drug-likeness (QED) is 0.738. The maximum Gasteiger partial charge on any atom is 0.346 e. The Morgan fingerprint density at radius 3 is 2.36 bits per heavy atom. The topological polar surface area (TPSA) is 93.4 Å². The molecule has 0 amide bonds. The van der Waals surface area contributed by atoms with Crippen molar-refractivity contribution < 1.29 is 14.4 Å². The lowest BCUT2D eigenvalue weighted by molar-refractivity contribution is 0.347. The summed E-state index contributed by atoms with van der Waals surface area (Å²) in [6, 6.07) is 15.9. The molecule has 2 rings (SSSR count). The largest absolute Gasteiger partial charge is 0.346 e. The van der Waals surface area contributed by atoms with Crippen LogP contribution in [0.1, 0.15) is 28.0 Å². The predicted molar refractivity (Wildman–Crippen MR) is 84.0 cm³/mol. The van der Waals surface area contributed by atoms with Crippen LogP contribution in [0.4, 0.5) is 0 Å². The van der Waals surface area contributed by atoms with E-state index in [1.54, 1.807) is 24.3 Å². The Morgan fingerprint density at radius 2 is 1.82 bits per heavy atom. The van der Waals surface area contributed by atoms with E-state index in [1.807, 2.05) is 37.3 Å². The Balaban J connectivity index is 2.22. The first-order valence-electron chi connectivity index (χ1n) is 6.75. The first-order chi connectivity index (χ1) is 10.4. The monoisotopic (exact) mass is 316 g/mol. The second-order valence-corrected chi connectivity index (χ2v) is 6.73. The highest BCUT2D eigenvalue weighted by Crippen LogP contribution is 2.50. The number of rotatable bonds is 5. The summed E-state index contributed by atoms with van der Waals surface area (Å²) in [5.74, 6) is -1.10. The van der Waals surface area contributed by atoms with Gasteiger partial charge < -0.3 is 9.79 Å². The van der Waals surface area contributed by atoms with E-state index in [4.69, 9.17) is 5.26 Å². The smallest absolute Gasteiger partial charge is 0.323 e. The summed E-state index contributed by atoms with van der Waals surface area (Å²) < 4.78 is 11.8. The summed E-state index contributed by atoms with van der Waals surface area (Å²) in [6.07, 6.45) is 0. The maximum absolute atomic E-state index is 11.8. The van der Waals surface area contributed by atoms with Crippen LogP contribution in [0.2, 0.25) is 0 Å². The van der Waals surface area contributed by atoms with Crippen LogP contribution >= 0.6 is 7.60 Å². The van der Waals surface area contributed by atoms with E-state index in [0.29, 0.717) is 17.7 Å². The third kappa shape index (κ3) is 4.03. The number of hydrogen-bond donors (Lipinski definition) is 3. The van der Waals surface area contributed by atoms with Crippen molar-refractivity contribution in [3.8, 4) is 6.07 Å². The van der Waals surface area contributed by atoms with Crippen LogP contribution in [0.15, 0.2) is 48.5 Å². The van der Waals surface area contributed by atoms with E-state index >= 15 is 0 Å². The molecule has 6 heteroatoms. The Bertz CT molecular complexity index is 732. The fourth-order valence-corrected chi connectivity index (χ4v) is 3.08. The van der Waals surface area contributed by atoms with E-state index in [1.165, 1.54) is 0 Å². The molecule has 0 bridgehead atoms. The molecule has 22 heavy (non-hydrogen) atoms. The van der Waals surface area contributed by atoms with Crippen molar-refractivity contribution in [2.24, 2.45) is 0 Å². The zero-order chi connectivity index (χ0) is 16.2. The molecule has 0 aromatic heterocycles. The molecule has 114 valence electrons. The van der Waals surface area contributed by atoms with Crippen molar-refractivity contribution in [2.45, 2.75) is 19.3 Å². The van der Waals surface area contributed by atoms with Gasteiger partial charge in [-0.05, 0) is 35.7 Å². The average Bonchev–Trinajstić information content (AvgIpc) is 2.48. The van der Waals surface area contributed by atoms with Crippen LogP contribution in [0.5, 0.6) is 0 Å². The second kappa shape index (κ2) is 6.87. The van der Waals surface area contributed by atoms with Crippen molar-refractivity contribution in [1.82, 2.24) is 5.32 Å². The average molecular weight is 316 g/mol. The number of nitrogens with one attached hydrogen (secondary N) is 1. The third-order valence-corrected chi connectivity index (χ3v) is 4.59. The molecule has 0 unspecified atom stereocenters. The van der Waals surface area contributed by atoms with Crippen LogP contribution in [0.3, 0.4) is 0 Å². The highest BCUT2D eigenvalue weighted by molar-refractivity contribution is 7.52. The number of nitriles is 1. The molecule has 0 radical (unpaired) electrons. The minimum Gasteiger partial charge on any atom is -0.323 e. The van der Waals surface area contributed by atoms with Gasteiger partial charge in [0.1, 0.15) is 5.78 Å².